The lowest BCUT2D eigenvalue weighted by atomic mass is 10.1. The topological polar surface area (TPSA) is 50.7 Å². The highest BCUT2D eigenvalue weighted by molar-refractivity contribution is 7.11. The third kappa shape index (κ3) is 3.26. The normalized spacial score (nSPS) is 10.9. The summed E-state index contributed by atoms with van der Waals surface area (Å²) in [5.41, 5.74) is 1.06. The van der Waals surface area contributed by atoms with Crippen molar-refractivity contribution < 1.29 is 0 Å². The van der Waals surface area contributed by atoms with Gasteiger partial charge in [-0.2, -0.15) is 0 Å². The molecule has 0 aliphatic rings. The zero-order valence-corrected chi connectivity index (χ0v) is 11.8. The molecule has 0 atom stereocenters. The van der Waals surface area contributed by atoms with Crippen LogP contribution in [-0.2, 0) is 13.0 Å². The van der Waals surface area contributed by atoms with Crippen molar-refractivity contribution in [3.05, 3.63) is 34.2 Å². The molecular weight excluding hydrogens is 244 g/mol. The molecule has 0 amide bonds. The van der Waals surface area contributed by atoms with Gasteiger partial charge in [0.05, 0.1) is 6.54 Å². The fourth-order valence-electron chi connectivity index (χ4n) is 1.54. The number of aromatic nitrogens is 3. The van der Waals surface area contributed by atoms with Crippen LogP contribution in [0, 0.1) is 0 Å². The molecule has 0 unspecified atom stereocenters. The summed E-state index contributed by atoms with van der Waals surface area (Å²) in [4.78, 5) is 14.2. The van der Waals surface area contributed by atoms with Crippen molar-refractivity contribution in [2.45, 2.75) is 39.7 Å². The Bertz CT molecular complexity index is 507. The van der Waals surface area contributed by atoms with Crippen LogP contribution in [0.1, 0.15) is 42.3 Å². The lowest BCUT2D eigenvalue weighted by molar-refractivity contribution is 0.813. The van der Waals surface area contributed by atoms with Gasteiger partial charge in [0, 0.05) is 22.8 Å². The SMILES string of the molecule is CCc1cnc(CNc2cc(C(C)C)ncn2)s1. The van der Waals surface area contributed by atoms with Gasteiger partial charge in [-0.3, -0.25) is 0 Å². The van der Waals surface area contributed by atoms with Gasteiger partial charge in [0.2, 0.25) is 0 Å². The second-order valence-electron chi connectivity index (χ2n) is 4.41. The highest BCUT2D eigenvalue weighted by atomic mass is 32.1. The molecule has 5 heteroatoms. The van der Waals surface area contributed by atoms with E-state index < -0.39 is 0 Å². The highest BCUT2D eigenvalue weighted by Gasteiger charge is 2.04. The molecule has 0 bridgehead atoms. The summed E-state index contributed by atoms with van der Waals surface area (Å²) < 4.78 is 0. The van der Waals surface area contributed by atoms with E-state index in [1.165, 1.54) is 4.88 Å². The molecule has 0 radical (unpaired) electrons. The third-order valence-corrected chi connectivity index (χ3v) is 3.79. The van der Waals surface area contributed by atoms with Crippen LogP contribution in [0.25, 0.3) is 0 Å². The number of nitrogens with one attached hydrogen (secondary N) is 1. The highest BCUT2D eigenvalue weighted by Crippen LogP contribution is 2.16. The summed E-state index contributed by atoms with van der Waals surface area (Å²) in [6, 6.07) is 2.00. The molecule has 2 rings (SSSR count). The maximum absolute atomic E-state index is 4.37. The summed E-state index contributed by atoms with van der Waals surface area (Å²) in [7, 11) is 0. The maximum atomic E-state index is 4.37. The number of thiazole rings is 1. The molecule has 0 aliphatic heterocycles. The summed E-state index contributed by atoms with van der Waals surface area (Å²) in [5.74, 6) is 1.28. The zero-order chi connectivity index (χ0) is 13.0. The van der Waals surface area contributed by atoms with Crippen LogP contribution in [0.2, 0.25) is 0 Å². The molecule has 4 nitrogen and oxygen atoms in total. The van der Waals surface area contributed by atoms with Gasteiger partial charge in [-0.15, -0.1) is 11.3 Å². The van der Waals surface area contributed by atoms with Gasteiger partial charge in [0.1, 0.15) is 17.2 Å². The Hall–Kier alpha value is -1.49. The van der Waals surface area contributed by atoms with Gasteiger partial charge < -0.3 is 5.32 Å². The van der Waals surface area contributed by atoms with E-state index in [9.17, 15) is 0 Å². The molecule has 2 heterocycles. The summed E-state index contributed by atoms with van der Waals surface area (Å²) in [5, 5.41) is 4.38. The molecule has 96 valence electrons. The molecule has 0 spiro atoms. The lowest BCUT2D eigenvalue weighted by Crippen LogP contribution is -2.03. The van der Waals surface area contributed by atoms with E-state index in [0.29, 0.717) is 5.92 Å². The quantitative estimate of drug-likeness (QED) is 0.898. The van der Waals surface area contributed by atoms with Gasteiger partial charge in [-0.05, 0) is 12.3 Å². The van der Waals surface area contributed by atoms with Crippen molar-refractivity contribution >= 4 is 17.2 Å². The number of hydrogen-bond donors (Lipinski definition) is 1. The maximum Gasteiger partial charge on any atom is 0.129 e. The minimum Gasteiger partial charge on any atom is -0.363 e. The van der Waals surface area contributed by atoms with Crippen molar-refractivity contribution in [1.82, 2.24) is 15.0 Å². The second kappa shape index (κ2) is 5.91. The van der Waals surface area contributed by atoms with Crippen molar-refractivity contribution in [3.8, 4) is 0 Å². The fourth-order valence-corrected chi connectivity index (χ4v) is 2.35. The lowest BCUT2D eigenvalue weighted by Gasteiger charge is -2.07. The van der Waals surface area contributed by atoms with Crippen LogP contribution >= 0.6 is 11.3 Å². The van der Waals surface area contributed by atoms with Crippen LogP contribution in [-0.4, -0.2) is 15.0 Å². The predicted molar refractivity (Wildman–Crippen MR) is 74.9 cm³/mol. The monoisotopic (exact) mass is 262 g/mol. The number of hydrogen-bond acceptors (Lipinski definition) is 5. The summed E-state index contributed by atoms with van der Waals surface area (Å²) >= 11 is 1.75. The Kier molecular flexibility index (Phi) is 4.25. The van der Waals surface area contributed by atoms with Crippen LogP contribution in [0.15, 0.2) is 18.6 Å². The minimum atomic E-state index is 0.417. The molecule has 1 N–H and O–H groups in total. The number of aryl methyl sites for hydroxylation is 1. The van der Waals surface area contributed by atoms with Gasteiger partial charge in [-0.25, -0.2) is 15.0 Å². The number of anilines is 1. The van der Waals surface area contributed by atoms with E-state index in [2.05, 4.69) is 41.0 Å². The van der Waals surface area contributed by atoms with Crippen molar-refractivity contribution in [2.24, 2.45) is 0 Å². The molecule has 0 saturated heterocycles. The molecule has 18 heavy (non-hydrogen) atoms. The van der Waals surface area contributed by atoms with Gasteiger partial charge in [-0.1, -0.05) is 20.8 Å². The largest absolute Gasteiger partial charge is 0.363 e. The summed E-state index contributed by atoms with van der Waals surface area (Å²) in [6.07, 6.45) is 4.60. The molecular formula is C13H18N4S. The summed E-state index contributed by atoms with van der Waals surface area (Å²) in [6.45, 7) is 7.12. The Balaban J connectivity index is 1.99. The number of nitrogens with zero attached hydrogens (tertiary/aromatic N) is 3. The van der Waals surface area contributed by atoms with Gasteiger partial charge in [0.25, 0.3) is 0 Å². The van der Waals surface area contributed by atoms with E-state index in [0.717, 1.165) is 29.5 Å². The van der Waals surface area contributed by atoms with E-state index in [-0.39, 0.29) is 0 Å². The predicted octanol–water partition coefficient (Wildman–Crippen LogP) is 3.23. The fraction of sp³-hybridized carbons (Fsp3) is 0.462. The standard InChI is InChI=1S/C13H18N4S/c1-4-10-6-15-13(18-10)7-14-12-5-11(9(2)3)16-8-17-12/h5-6,8-9H,4,7H2,1-3H3,(H,14,16,17). The first-order valence-corrected chi connectivity index (χ1v) is 7.00. The zero-order valence-electron chi connectivity index (χ0n) is 11.0. The van der Waals surface area contributed by atoms with Crippen LogP contribution in [0.4, 0.5) is 5.82 Å². The van der Waals surface area contributed by atoms with Crippen LogP contribution in [0.3, 0.4) is 0 Å². The average molecular weight is 262 g/mol. The van der Waals surface area contributed by atoms with E-state index in [4.69, 9.17) is 0 Å². The molecule has 0 fully saturated rings. The first-order valence-electron chi connectivity index (χ1n) is 6.18. The van der Waals surface area contributed by atoms with Crippen molar-refractivity contribution in [1.29, 1.82) is 0 Å². The Labute approximate surface area is 112 Å². The smallest absolute Gasteiger partial charge is 0.129 e. The third-order valence-electron chi connectivity index (χ3n) is 2.65. The second-order valence-corrected chi connectivity index (χ2v) is 5.61. The average Bonchev–Trinajstić information content (AvgIpc) is 2.84. The van der Waals surface area contributed by atoms with Gasteiger partial charge in [0.15, 0.2) is 0 Å². The van der Waals surface area contributed by atoms with Crippen LogP contribution in [0.5, 0.6) is 0 Å². The van der Waals surface area contributed by atoms with Crippen LogP contribution < -0.4 is 5.32 Å². The van der Waals surface area contributed by atoms with Gasteiger partial charge >= 0.3 is 0 Å². The van der Waals surface area contributed by atoms with E-state index in [1.54, 1.807) is 17.7 Å². The van der Waals surface area contributed by atoms with Crippen molar-refractivity contribution in [3.63, 3.8) is 0 Å². The molecule has 2 aromatic heterocycles. The van der Waals surface area contributed by atoms with E-state index >= 15 is 0 Å². The van der Waals surface area contributed by atoms with E-state index in [1.807, 2.05) is 12.3 Å². The Morgan fingerprint density at radius 3 is 2.78 bits per heavy atom. The molecule has 0 saturated carbocycles. The first kappa shape index (κ1) is 13.0. The minimum absolute atomic E-state index is 0.417. The molecule has 2 aromatic rings. The molecule has 0 aliphatic carbocycles. The first-order chi connectivity index (χ1) is 8.69. The van der Waals surface area contributed by atoms with Crippen molar-refractivity contribution in [2.75, 3.05) is 5.32 Å². The number of rotatable bonds is 5. The Morgan fingerprint density at radius 1 is 1.28 bits per heavy atom. The Morgan fingerprint density at radius 2 is 2.11 bits per heavy atom. The molecule has 0 aromatic carbocycles.